The smallest absolute Gasteiger partial charge is 0.142 e. The van der Waals surface area contributed by atoms with Crippen molar-refractivity contribution in [2.24, 2.45) is 5.92 Å². The molecule has 80 valence electrons. The van der Waals surface area contributed by atoms with E-state index in [1.165, 1.54) is 0 Å². The van der Waals surface area contributed by atoms with E-state index in [1.54, 1.807) is 6.20 Å². The van der Waals surface area contributed by atoms with Crippen molar-refractivity contribution in [3.8, 4) is 0 Å². The van der Waals surface area contributed by atoms with Gasteiger partial charge in [-0.05, 0) is 18.1 Å². The highest BCUT2D eigenvalue weighted by Gasteiger charge is 2.15. The molecule has 2 rings (SSSR count). The monoisotopic (exact) mass is 204 g/mol. The molecule has 1 heterocycles. The Bertz CT molecular complexity index is 385. The SMILES string of the molecule is CC(C)CN1C=C(O)c2ccccc2N1. The van der Waals surface area contributed by atoms with E-state index >= 15 is 0 Å². The van der Waals surface area contributed by atoms with Gasteiger partial charge in [-0.3, -0.25) is 10.4 Å². The standard InChI is InChI=1S/C12H16N2O/c1-9(2)7-14-8-12(15)10-5-3-4-6-11(10)13-14/h3-6,8-9,13,15H,7H2,1-2H3. The summed E-state index contributed by atoms with van der Waals surface area (Å²) in [6.07, 6.45) is 1.74. The number of fused-ring (bicyclic) bond motifs is 1. The van der Waals surface area contributed by atoms with Gasteiger partial charge in [-0.25, -0.2) is 0 Å². The van der Waals surface area contributed by atoms with Gasteiger partial charge in [0.15, 0.2) is 0 Å². The van der Waals surface area contributed by atoms with Crippen LogP contribution >= 0.6 is 0 Å². The van der Waals surface area contributed by atoms with Gasteiger partial charge >= 0.3 is 0 Å². The summed E-state index contributed by atoms with van der Waals surface area (Å²) in [6, 6.07) is 7.74. The van der Waals surface area contributed by atoms with Gasteiger partial charge in [-0.2, -0.15) is 0 Å². The average Bonchev–Trinajstić information content (AvgIpc) is 2.16. The summed E-state index contributed by atoms with van der Waals surface area (Å²) >= 11 is 0. The Morgan fingerprint density at radius 1 is 1.33 bits per heavy atom. The van der Waals surface area contributed by atoms with Crippen LogP contribution in [0.15, 0.2) is 30.5 Å². The molecule has 1 aliphatic rings. The Hall–Kier alpha value is -1.64. The minimum absolute atomic E-state index is 0.324. The summed E-state index contributed by atoms with van der Waals surface area (Å²) in [7, 11) is 0. The molecular formula is C12H16N2O. The minimum atomic E-state index is 0.324. The largest absolute Gasteiger partial charge is 0.506 e. The van der Waals surface area contributed by atoms with E-state index in [0.29, 0.717) is 11.7 Å². The lowest BCUT2D eigenvalue weighted by Gasteiger charge is -2.29. The molecule has 0 amide bonds. The second kappa shape index (κ2) is 3.85. The number of hydrogen-bond donors (Lipinski definition) is 2. The van der Waals surface area contributed by atoms with Crippen molar-refractivity contribution in [1.29, 1.82) is 0 Å². The maximum atomic E-state index is 9.82. The molecule has 0 saturated heterocycles. The highest BCUT2D eigenvalue weighted by molar-refractivity contribution is 5.73. The molecule has 0 aliphatic carbocycles. The number of aliphatic hydroxyl groups is 1. The first kappa shape index (κ1) is 9.90. The fourth-order valence-electron chi connectivity index (χ4n) is 1.70. The summed E-state index contributed by atoms with van der Waals surface area (Å²) in [5.41, 5.74) is 5.07. The molecule has 1 aromatic rings. The first-order valence-electron chi connectivity index (χ1n) is 5.20. The maximum Gasteiger partial charge on any atom is 0.142 e. The van der Waals surface area contributed by atoms with Crippen LogP contribution in [-0.4, -0.2) is 16.7 Å². The first-order chi connectivity index (χ1) is 7.16. The van der Waals surface area contributed by atoms with Gasteiger partial charge in [0.25, 0.3) is 0 Å². The van der Waals surface area contributed by atoms with Gasteiger partial charge in [-0.1, -0.05) is 26.0 Å². The van der Waals surface area contributed by atoms with Gasteiger partial charge in [0.1, 0.15) is 5.76 Å². The van der Waals surface area contributed by atoms with Crippen LogP contribution in [0.3, 0.4) is 0 Å². The first-order valence-corrected chi connectivity index (χ1v) is 5.20. The summed E-state index contributed by atoms with van der Waals surface area (Å²) in [5.74, 6) is 0.872. The van der Waals surface area contributed by atoms with Crippen molar-refractivity contribution in [2.75, 3.05) is 12.0 Å². The number of hydrogen-bond acceptors (Lipinski definition) is 3. The van der Waals surface area contributed by atoms with Crippen molar-refractivity contribution in [2.45, 2.75) is 13.8 Å². The zero-order valence-corrected chi connectivity index (χ0v) is 9.07. The van der Waals surface area contributed by atoms with Crippen LogP contribution in [0.1, 0.15) is 19.4 Å². The zero-order valence-electron chi connectivity index (χ0n) is 9.07. The third-order valence-corrected chi connectivity index (χ3v) is 2.31. The molecule has 0 saturated carbocycles. The predicted molar refractivity (Wildman–Crippen MR) is 62.2 cm³/mol. The van der Waals surface area contributed by atoms with Crippen molar-refractivity contribution in [3.63, 3.8) is 0 Å². The van der Waals surface area contributed by atoms with Crippen LogP contribution < -0.4 is 5.43 Å². The molecule has 0 unspecified atom stereocenters. The van der Waals surface area contributed by atoms with Crippen LogP contribution in [-0.2, 0) is 0 Å². The fourth-order valence-corrected chi connectivity index (χ4v) is 1.70. The van der Waals surface area contributed by atoms with Crippen molar-refractivity contribution < 1.29 is 5.11 Å². The van der Waals surface area contributed by atoms with Crippen molar-refractivity contribution in [3.05, 3.63) is 36.0 Å². The van der Waals surface area contributed by atoms with Gasteiger partial charge in [0.2, 0.25) is 0 Å². The number of anilines is 1. The third kappa shape index (κ3) is 2.06. The number of nitrogens with zero attached hydrogens (tertiary/aromatic N) is 1. The Balaban J connectivity index is 2.24. The second-order valence-corrected chi connectivity index (χ2v) is 4.22. The summed E-state index contributed by atoms with van der Waals surface area (Å²) in [6.45, 7) is 5.17. The lowest BCUT2D eigenvalue weighted by Crippen LogP contribution is -2.31. The molecule has 0 bridgehead atoms. The van der Waals surface area contributed by atoms with Gasteiger partial charge in [0, 0.05) is 12.1 Å². The Kier molecular flexibility index (Phi) is 2.54. The average molecular weight is 204 g/mol. The number of hydrazine groups is 1. The maximum absolute atomic E-state index is 9.82. The molecule has 0 atom stereocenters. The van der Waals surface area contributed by atoms with Crippen molar-refractivity contribution in [1.82, 2.24) is 5.01 Å². The zero-order chi connectivity index (χ0) is 10.8. The summed E-state index contributed by atoms with van der Waals surface area (Å²) in [4.78, 5) is 0. The number of para-hydroxylation sites is 1. The van der Waals surface area contributed by atoms with Gasteiger partial charge in [-0.15, -0.1) is 0 Å². The Labute approximate surface area is 90.0 Å². The highest BCUT2D eigenvalue weighted by Crippen LogP contribution is 2.27. The normalized spacial score (nSPS) is 14.6. The molecule has 1 aromatic carbocycles. The van der Waals surface area contributed by atoms with Gasteiger partial charge < -0.3 is 5.11 Å². The molecular weight excluding hydrogens is 188 g/mol. The predicted octanol–water partition coefficient (Wildman–Crippen LogP) is 2.84. The van der Waals surface area contributed by atoms with Crippen molar-refractivity contribution >= 4 is 11.4 Å². The summed E-state index contributed by atoms with van der Waals surface area (Å²) in [5, 5.41) is 11.7. The second-order valence-electron chi connectivity index (χ2n) is 4.22. The van der Waals surface area contributed by atoms with Gasteiger partial charge in [0.05, 0.1) is 11.9 Å². The van der Waals surface area contributed by atoms with Crippen LogP contribution in [0.4, 0.5) is 5.69 Å². The van der Waals surface area contributed by atoms with E-state index in [2.05, 4.69) is 19.3 Å². The summed E-state index contributed by atoms with van der Waals surface area (Å²) < 4.78 is 0. The lowest BCUT2D eigenvalue weighted by molar-refractivity contribution is 0.368. The molecule has 0 fully saturated rings. The van der Waals surface area contributed by atoms with E-state index in [4.69, 9.17) is 0 Å². The number of nitrogens with one attached hydrogen (secondary N) is 1. The molecule has 0 radical (unpaired) electrons. The van der Waals surface area contributed by atoms with Crippen LogP contribution in [0, 0.1) is 5.92 Å². The fraction of sp³-hybridized carbons (Fsp3) is 0.333. The molecule has 3 nitrogen and oxygen atoms in total. The highest BCUT2D eigenvalue weighted by atomic mass is 16.3. The van der Waals surface area contributed by atoms with E-state index in [1.807, 2.05) is 29.3 Å². The number of rotatable bonds is 2. The molecule has 0 spiro atoms. The molecule has 15 heavy (non-hydrogen) atoms. The molecule has 3 heteroatoms. The van der Waals surface area contributed by atoms with E-state index in [9.17, 15) is 5.11 Å². The van der Waals surface area contributed by atoms with E-state index in [0.717, 1.165) is 17.8 Å². The molecule has 1 aliphatic heterocycles. The van der Waals surface area contributed by atoms with E-state index < -0.39 is 0 Å². The van der Waals surface area contributed by atoms with Crippen LogP contribution in [0.2, 0.25) is 0 Å². The van der Waals surface area contributed by atoms with Crippen LogP contribution in [0.25, 0.3) is 5.76 Å². The minimum Gasteiger partial charge on any atom is -0.506 e. The Morgan fingerprint density at radius 2 is 2.07 bits per heavy atom. The van der Waals surface area contributed by atoms with E-state index in [-0.39, 0.29) is 0 Å². The van der Waals surface area contributed by atoms with Crippen LogP contribution in [0.5, 0.6) is 0 Å². The molecule has 2 N–H and O–H groups in total. The topological polar surface area (TPSA) is 35.5 Å². The third-order valence-electron chi connectivity index (χ3n) is 2.31. The lowest BCUT2D eigenvalue weighted by atomic mass is 10.1. The number of aliphatic hydroxyl groups excluding tert-OH is 1. The Morgan fingerprint density at radius 3 is 2.80 bits per heavy atom. The molecule has 0 aromatic heterocycles. The quantitative estimate of drug-likeness (QED) is 0.777. The number of benzene rings is 1.